The number of nitriles is 1. The van der Waals surface area contributed by atoms with Crippen molar-refractivity contribution in [2.75, 3.05) is 50.4 Å². The average molecular weight is 306 g/mol. The van der Waals surface area contributed by atoms with Gasteiger partial charge in [0.25, 0.3) is 0 Å². The van der Waals surface area contributed by atoms with Gasteiger partial charge >= 0.3 is 0 Å². The van der Waals surface area contributed by atoms with Crippen LogP contribution in [0.25, 0.3) is 0 Å². The van der Waals surface area contributed by atoms with E-state index in [4.69, 9.17) is 15.7 Å². The van der Waals surface area contributed by atoms with Gasteiger partial charge < -0.3 is 15.8 Å². The molecule has 2 fully saturated rings. The van der Waals surface area contributed by atoms with Gasteiger partial charge in [0.15, 0.2) is 0 Å². The predicted molar refractivity (Wildman–Crippen MR) is 85.8 cm³/mol. The molecule has 3 rings (SSSR count). The van der Waals surface area contributed by atoms with Crippen molar-refractivity contribution < 1.29 is 4.74 Å². The van der Waals surface area contributed by atoms with E-state index in [2.05, 4.69) is 16.3 Å². The van der Waals surface area contributed by atoms with E-state index < -0.39 is 0 Å². The number of nitrogens with one attached hydrogen (secondary N) is 1. The molecule has 3 N–H and O–H groups in total. The minimum Gasteiger partial charge on any atom is -0.397 e. The van der Waals surface area contributed by atoms with Crippen molar-refractivity contribution >= 4 is 22.0 Å². The first-order chi connectivity index (χ1) is 10.3. The van der Waals surface area contributed by atoms with Crippen LogP contribution in [0.1, 0.15) is 35.6 Å². The molecular weight excluding hydrogens is 284 g/mol. The molecule has 2 heterocycles. The van der Waals surface area contributed by atoms with Gasteiger partial charge in [-0.15, -0.1) is 11.3 Å². The van der Waals surface area contributed by atoms with Crippen LogP contribution in [-0.4, -0.2) is 44.3 Å². The highest BCUT2D eigenvalue weighted by atomic mass is 32.1. The Kier molecular flexibility index (Phi) is 4.63. The van der Waals surface area contributed by atoms with E-state index >= 15 is 0 Å². The van der Waals surface area contributed by atoms with Gasteiger partial charge in [0.1, 0.15) is 10.9 Å². The Labute approximate surface area is 129 Å². The number of morpholine rings is 1. The number of thiophene rings is 1. The van der Waals surface area contributed by atoms with E-state index in [-0.39, 0.29) is 0 Å². The van der Waals surface area contributed by atoms with E-state index in [0.717, 1.165) is 50.8 Å². The number of rotatable bonds is 6. The molecule has 1 aliphatic carbocycles. The summed E-state index contributed by atoms with van der Waals surface area (Å²) in [5.74, 6) is 0.574. The highest BCUT2D eigenvalue weighted by Gasteiger charge is 2.31. The summed E-state index contributed by atoms with van der Waals surface area (Å²) in [6.45, 7) is 5.82. The average Bonchev–Trinajstić information content (AvgIpc) is 3.29. The highest BCUT2D eigenvalue weighted by molar-refractivity contribution is 7.17. The van der Waals surface area contributed by atoms with Crippen LogP contribution in [0, 0.1) is 11.3 Å². The van der Waals surface area contributed by atoms with Crippen molar-refractivity contribution in [3.8, 4) is 6.07 Å². The van der Waals surface area contributed by atoms with Crippen molar-refractivity contribution in [2.45, 2.75) is 25.2 Å². The summed E-state index contributed by atoms with van der Waals surface area (Å²) >= 11 is 1.51. The summed E-state index contributed by atoms with van der Waals surface area (Å²) in [5.41, 5.74) is 8.01. The molecule has 0 radical (unpaired) electrons. The molecule has 0 amide bonds. The molecule has 1 aromatic rings. The van der Waals surface area contributed by atoms with E-state index in [1.165, 1.54) is 29.7 Å². The first-order valence-corrected chi connectivity index (χ1v) is 8.47. The Hall–Kier alpha value is -1.29. The summed E-state index contributed by atoms with van der Waals surface area (Å²) in [5, 5.41) is 13.8. The molecule has 21 heavy (non-hydrogen) atoms. The van der Waals surface area contributed by atoms with Crippen LogP contribution in [0.2, 0.25) is 0 Å². The number of hydrogen-bond acceptors (Lipinski definition) is 6. The van der Waals surface area contributed by atoms with Gasteiger partial charge in [0.2, 0.25) is 0 Å². The lowest BCUT2D eigenvalue weighted by atomic mass is 10.1. The molecule has 1 saturated heterocycles. The van der Waals surface area contributed by atoms with Crippen LogP contribution in [-0.2, 0) is 4.74 Å². The summed E-state index contributed by atoms with van der Waals surface area (Å²) in [6.07, 6.45) is 3.51. The van der Waals surface area contributed by atoms with Crippen molar-refractivity contribution in [2.24, 2.45) is 0 Å². The van der Waals surface area contributed by atoms with E-state index in [0.29, 0.717) is 16.5 Å². The topological polar surface area (TPSA) is 74.3 Å². The third-order valence-corrected chi connectivity index (χ3v) is 5.19. The third-order valence-electron chi connectivity index (χ3n) is 4.11. The zero-order valence-electron chi connectivity index (χ0n) is 12.2. The molecule has 1 saturated carbocycles. The van der Waals surface area contributed by atoms with E-state index in [1.807, 2.05) is 0 Å². The summed E-state index contributed by atoms with van der Waals surface area (Å²) in [4.78, 5) is 3.10. The Morgan fingerprint density at radius 3 is 2.81 bits per heavy atom. The van der Waals surface area contributed by atoms with Crippen molar-refractivity contribution in [3.05, 3.63) is 10.4 Å². The molecule has 114 valence electrons. The molecule has 5 nitrogen and oxygen atoms in total. The summed E-state index contributed by atoms with van der Waals surface area (Å²) < 4.78 is 5.35. The zero-order valence-corrected chi connectivity index (χ0v) is 13.0. The standard InChI is InChI=1S/C15H22N4OS/c16-10-12-14(17)13(11-2-3-11)15(21-12)18-4-1-5-19-6-8-20-9-7-19/h11,18H,1-9,17H2. The number of hydrogen-bond donors (Lipinski definition) is 2. The molecule has 6 heteroatoms. The molecule has 0 bridgehead atoms. The SMILES string of the molecule is N#Cc1sc(NCCCN2CCOCC2)c(C2CC2)c1N. The van der Waals surface area contributed by atoms with Crippen LogP contribution in [0.4, 0.5) is 10.7 Å². The minimum atomic E-state index is 0.574. The lowest BCUT2D eigenvalue weighted by Gasteiger charge is -2.26. The zero-order chi connectivity index (χ0) is 14.7. The maximum Gasteiger partial charge on any atom is 0.130 e. The Morgan fingerprint density at radius 2 is 2.14 bits per heavy atom. The van der Waals surface area contributed by atoms with Crippen molar-refractivity contribution in [1.82, 2.24) is 4.90 Å². The van der Waals surface area contributed by atoms with Crippen LogP contribution in [0.3, 0.4) is 0 Å². The molecule has 0 atom stereocenters. The quantitative estimate of drug-likeness (QED) is 0.788. The number of nitrogens with zero attached hydrogens (tertiary/aromatic N) is 2. The van der Waals surface area contributed by atoms with Gasteiger partial charge in [-0.2, -0.15) is 5.26 Å². The second kappa shape index (κ2) is 6.65. The largest absolute Gasteiger partial charge is 0.397 e. The first kappa shape index (κ1) is 14.6. The van der Waals surface area contributed by atoms with Gasteiger partial charge in [-0.1, -0.05) is 0 Å². The number of nitrogen functional groups attached to an aromatic ring is 1. The van der Waals surface area contributed by atoms with Crippen molar-refractivity contribution in [1.29, 1.82) is 5.26 Å². The van der Waals surface area contributed by atoms with Gasteiger partial charge in [0, 0.05) is 25.2 Å². The second-order valence-electron chi connectivity index (χ2n) is 5.71. The maximum absolute atomic E-state index is 9.13. The van der Waals surface area contributed by atoms with Gasteiger partial charge in [-0.3, -0.25) is 4.90 Å². The smallest absolute Gasteiger partial charge is 0.130 e. The number of ether oxygens (including phenoxy) is 1. The van der Waals surface area contributed by atoms with E-state index in [1.54, 1.807) is 0 Å². The van der Waals surface area contributed by atoms with Crippen LogP contribution in [0.5, 0.6) is 0 Å². The fourth-order valence-corrected chi connectivity index (χ4v) is 3.81. The normalized spacial score (nSPS) is 19.4. The Bertz CT molecular complexity index is 527. The highest BCUT2D eigenvalue weighted by Crippen LogP contribution is 2.50. The number of anilines is 2. The Morgan fingerprint density at radius 1 is 1.38 bits per heavy atom. The summed E-state index contributed by atoms with van der Waals surface area (Å²) in [7, 11) is 0. The minimum absolute atomic E-state index is 0.574. The van der Waals surface area contributed by atoms with Crippen LogP contribution in [0.15, 0.2) is 0 Å². The summed E-state index contributed by atoms with van der Waals surface area (Å²) in [6, 6.07) is 2.21. The Balaban J connectivity index is 1.52. The van der Waals surface area contributed by atoms with E-state index in [9.17, 15) is 0 Å². The molecule has 0 spiro atoms. The predicted octanol–water partition coefficient (Wildman–Crippen LogP) is 2.21. The van der Waals surface area contributed by atoms with Crippen LogP contribution >= 0.6 is 11.3 Å². The first-order valence-electron chi connectivity index (χ1n) is 7.66. The van der Waals surface area contributed by atoms with Gasteiger partial charge in [-0.25, -0.2) is 0 Å². The fourth-order valence-electron chi connectivity index (χ4n) is 2.78. The van der Waals surface area contributed by atoms with Gasteiger partial charge in [-0.05, 0) is 31.7 Å². The molecule has 0 unspecified atom stereocenters. The fraction of sp³-hybridized carbons (Fsp3) is 0.667. The molecular formula is C15H22N4OS. The lowest BCUT2D eigenvalue weighted by Crippen LogP contribution is -2.37. The van der Waals surface area contributed by atoms with Crippen LogP contribution < -0.4 is 11.1 Å². The molecule has 2 aliphatic rings. The second-order valence-corrected chi connectivity index (χ2v) is 6.73. The monoisotopic (exact) mass is 306 g/mol. The number of nitrogens with two attached hydrogens (primary N) is 1. The molecule has 0 aromatic carbocycles. The molecule has 1 aromatic heterocycles. The maximum atomic E-state index is 9.13. The lowest BCUT2D eigenvalue weighted by molar-refractivity contribution is 0.0378. The molecule has 1 aliphatic heterocycles. The van der Waals surface area contributed by atoms with Gasteiger partial charge in [0.05, 0.1) is 23.9 Å². The third kappa shape index (κ3) is 3.49. The van der Waals surface area contributed by atoms with Crippen molar-refractivity contribution in [3.63, 3.8) is 0 Å².